The molecule has 0 bridgehead atoms. The van der Waals surface area contributed by atoms with Crippen LogP contribution in [0.1, 0.15) is 27.2 Å². The van der Waals surface area contributed by atoms with Gasteiger partial charge in [-0.15, -0.1) is 5.10 Å². The van der Waals surface area contributed by atoms with Gasteiger partial charge in [0.15, 0.2) is 0 Å². The lowest BCUT2D eigenvalue weighted by Crippen LogP contribution is -2.34. The van der Waals surface area contributed by atoms with Gasteiger partial charge in [0.25, 0.3) is 0 Å². The Labute approximate surface area is 88.6 Å². The summed E-state index contributed by atoms with van der Waals surface area (Å²) >= 11 is 0. The van der Waals surface area contributed by atoms with Crippen molar-refractivity contribution < 1.29 is 9.53 Å². The Kier molecular flexibility index (Phi) is 5.29. The Bertz CT molecular complexity index is 256. The molecule has 15 heavy (non-hydrogen) atoms. The van der Waals surface area contributed by atoms with E-state index in [0.29, 0.717) is 13.0 Å². The molecule has 0 aromatic heterocycles. The van der Waals surface area contributed by atoms with Crippen molar-refractivity contribution in [3.63, 3.8) is 0 Å². The highest BCUT2D eigenvalue weighted by Gasteiger charge is 2.15. The number of carbonyl (C=O) groups is 1. The number of carbonyl (C=O) groups excluding carboxylic acids is 1. The molecular formula is C8H17N5O2. The van der Waals surface area contributed by atoms with Crippen LogP contribution in [0.15, 0.2) is 10.3 Å². The fourth-order valence-corrected chi connectivity index (χ4v) is 0.721. The summed E-state index contributed by atoms with van der Waals surface area (Å²) in [6, 6.07) is 0. The fraction of sp³-hybridized carbons (Fsp3) is 0.750. The van der Waals surface area contributed by atoms with Gasteiger partial charge in [0.05, 0.1) is 0 Å². The van der Waals surface area contributed by atoms with Gasteiger partial charge < -0.3 is 15.8 Å². The van der Waals surface area contributed by atoms with Gasteiger partial charge in [-0.05, 0) is 20.8 Å². The molecule has 1 amide bonds. The minimum Gasteiger partial charge on any atom is -0.444 e. The molecule has 0 aliphatic heterocycles. The van der Waals surface area contributed by atoms with Crippen LogP contribution in [0.25, 0.3) is 0 Å². The standard InChI is InChI=1S/C8H17N5O2/c1-8(2,3)15-7(14)11-5-4-6(9)12-13-10/h4-5H2,1-3H3,(H,11,14)(H3,9,10,12). The minimum absolute atomic E-state index is 0.195. The molecule has 0 rings (SSSR count). The van der Waals surface area contributed by atoms with Crippen LogP contribution >= 0.6 is 0 Å². The van der Waals surface area contributed by atoms with Gasteiger partial charge in [-0.25, -0.2) is 4.79 Å². The number of rotatable bonds is 4. The summed E-state index contributed by atoms with van der Waals surface area (Å²) in [4.78, 5) is 11.1. The molecule has 0 aliphatic rings. The summed E-state index contributed by atoms with van der Waals surface area (Å²) < 4.78 is 4.99. The van der Waals surface area contributed by atoms with Gasteiger partial charge >= 0.3 is 6.09 Å². The van der Waals surface area contributed by atoms with Gasteiger partial charge in [-0.3, -0.25) is 0 Å². The zero-order valence-corrected chi connectivity index (χ0v) is 9.20. The molecule has 0 saturated heterocycles. The van der Waals surface area contributed by atoms with E-state index in [1.165, 1.54) is 0 Å². The third kappa shape index (κ3) is 8.66. The van der Waals surface area contributed by atoms with Crippen molar-refractivity contribution in [1.82, 2.24) is 5.32 Å². The molecule has 0 aliphatic carbocycles. The summed E-state index contributed by atoms with van der Waals surface area (Å²) in [5.74, 6) is 0.195. The van der Waals surface area contributed by atoms with Crippen LogP contribution in [0.2, 0.25) is 0 Å². The van der Waals surface area contributed by atoms with E-state index in [4.69, 9.17) is 16.0 Å². The van der Waals surface area contributed by atoms with Crippen LogP contribution in [0, 0.1) is 5.53 Å². The van der Waals surface area contributed by atoms with E-state index in [2.05, 4.69) is 15.6 Å². The first-order valence-electron chi connectivity index (χ1n) is 4.51. The lowest BCUT2D eigenvalue weighted by atomic mass is 10.2. The maximum Gasteiger partial charge on any atom is 0.407 e. The van der Waals surface area contributed by atoms with Crippen molar-refractivity contribution in [2.45, 2.75) is 32.8 Å². The Morgan fingerprint density at radius 3 is 2.60 bits per heavy atom. The molecule has 0 unspecified atom stereocenters. The average Bonchev–Trinajstić information content (AvgIpc) is 2.00. The molecule has 0 heterocycles. The highest BCUT2D eigenvalue weighted by atomic mass is 16.6. The van der Waals surface area contributed by atoms with E-state index in [1.807, 2.05) is 0 Å². The van der Waals surface area contributed by atoms with Crippen molar-refractivity contribution in [2.75, 3.05) is 6.54 Å². The van der Waals surface area contributed by atoms with E-state index in [1.54, 1.807) is 20.8 Å². The zero-order valence-electron chi connectivity index (χ0n) is 9.20. The molecule has 0 aromatic rings. The number of nitrogens with one attached hydrogen (secondary N) is 2. The first kappa shape index (κ1) is 13.3. The highest BCUT2D eigenvalue weighted by Crippen LogP contribution is 2.06. The molecule has 0 radical (unpaired) electrons. The summed E-state index contributed by atoms with van der Waals surface area (Å²) in [6.07, 6.45) is -0.167. The Balaban J connectivity index is 3.74. The van der Waals surface area contributed by atoms with Gasteiger partial charge in [-0.1, -0.05) is 5.22 Å². The van der Waals surface area contributed by atoms with Crippen LogP contribution < -0.4 is 11.1 Å². The van der Waals surface area contributed by atoms with Crippen molar-refractivity contribution >= 4 is 11.9 Å². The van der Waals surface area contributed by atoms with E-state index >= 15 is 0 Å². The summed E-state index contributed by atoms with van der Waals surface area (Å²) in [7, 11) is 0. The molecule has 0 aromatic carbocycles. The van der Waals surface area contributed by atoms with Crippen LogP contribution in [-0.2, 0) is 4.74 Å². The van der Waals surface area contributed by atoms with Crippen LogP contribution in [-0.4, -0.2) is 24.1 Å². The molecule has 7 heteroatoms. The molecular weight excluding hydrogens is 198 g/mol. The normalized spacial score (nSPS) is 12.1. The van der Waals surface area contributed by atoms with Crippen LogP contribution in [0.3, 0.4) is 0 Å². The second kappa shape index (κ2) is 5.94. The highest BCUT2D eigenvalue weighted by molar-refractivity contribution is 5.80. The maximum atomic E-state index is 11.1. The SMILES string of the molecule is CC(C)(C)OC(=O)NCCC(N)=NN=N. The zero-order chi connectivity index (χ0) is 11.9. The number of amidine groups is 1. The Morgan fingerprint density at radius 1 is 1.53 bits per heavy atom. The Hall–Kier alpha value is -1.66. The minimum atomic E-state index is -0.514. The summed E-state index contributed by atoms with van der Waals surface area (Å²) in [5, 5.41) is 8.56. The molecule has 0 saturated carbocycles. The number of ether oxygens (including phenoxy) is 1. The van der Waals surface area contributed by atoms with Gasteiger partial charge in [0.1, 0.15) is 11.4 Å². The van der Waals surface area contributed by atoms with Crippen LogP contribution in [0.5, 0.6) is 0 Å². The average molecular weight is 215 g/mol. The topological polar surface area (TPSA) is 113 Å². The molecule has 86 valence electrons. The van der Waals surface area contributed by atoms with Gasteiger partial charge in [-0.2, -0.15) is 5.53 Å². The number of nitrogens with two attached hydrogens (primary N) is 1. The van der Waals surface area contributed by atoms with E-state index in [0.717, 1.165) is 0 Å². The lowest BCUT2D eigenvalue weighted by molar-refractivity contribution is 0.0529. The molecule has 0 atom stereocenters. The predicted molar refractivity (Wildman–Crippen MR) is 55.6 cm³/mol. The first-order valence-corrected chi connectivity index (χ1v) is 4.51. The number of hydrogen-bond acceptors (Lipinski definition) is 4. The third-order valence-corrected chi connectivity index (χ3v) is 1.23. The first-order chi connectivity index (χ1) is 6.85. The third-order valence-electron chi connectivity index (χ3n) is 1.23. The second-order valence-corrected chi connectivity index (χ2v) is 3.87. The lowest BCUT2D eigenvalue weighted by Gasteiger charge is -2.19. The van der Waals surface area contributed by atoms with E-state index in [9.17, 15) is 4.79 Å². The monoisotopic (exact) mass is 215 g/mol. The summed E-state index contributed by atoms with van der Waals surface area (Å²) in [6.45, 7) is 5.64. The smallest absolute Gasteiger partial charge is 0.407 e. The largest absolute Gasteiger partial charge is 0.444 e. The van der Waals surface area contributed by atoms with Crippen LogP contribution in [0.4, 0.5) is 4.79 Å². The fourth-order valence-electron chi connectivity index (χ4n) is 0.721. The predicted octanol–water partition coefficient (Wildman–Crippen LogP) is 1.20. The maximum absolute atomic E-state index is 11.1. The van der Waals surface area contributed by atoms with E-state index < -0.39 is 11.7 Å². The molecule has 7 nitrogen and oxygen atoms in total. The summed E-state index contributed by atoms with van der Waals surface area (Å²) in [5.41, 5.74) is 11.2. The second-order valence-electron chi connectivity index (χ2n) is 3.87. The van der Waals surface area contributed by atoms with Gasteiger partial charge in [0, 0.05) is 13.0 Å². The van der Waals surface area contributed by atoms with Gasteiger partial charge in [0.2, 0.25) is 0 Å². The van der Waals surface area contributed by atoms with Crippen molar-refractivity contribution in [1.29, 1.82) is 5.53 Å². The number of alkyl carbamates (subject to hydrolysis) is 1. The number of nitrogens with zero attached hydrogens (tertiary/aromatic N) is 2. The molecule has 0 fully saturated rings. The number of amides is 1. The molecule has 0 spiro atoms. The van der Waals surface area contributed by atoms with E-state index in [-0.39, 0.29) is 5.84 Å². The molecule has 4 N–H and O–H groups in total. The quantitative estimate of drug-likeness (QED) is 0.283. The van der Waals surface area contributed by atoms with Crippen molar-refractivity contribution in [3.8, 4) is 0 Å². The number of hydrogen-bond donors (Lipinski definition) is 3. The van der Waals surface area contributed by atoms with Crippen molar-refractivity contribution in [2.24, 2.45) is 16.1 Å². The Morgan fingerprint density at radius 2 is 2.13 bits per heavy atom. The van der Waals surface area contributed by atoms with Crippen molar-refractivity contribution in [3.05, 3.63) is 0 Å².